The molecule has 16 heavy (non-hydrogen) atoms. The highest BCUT2D eigenvalue weighted by Gasteiger charge is 2.10. The number of pyridine rings is 1. The maximum absolute atomic E-state index is 9.13. The molecule has 0 atom stereocenters. The van der Waals surface area contributed by atoms with Crippen LogP contribution in [0.25, 0.3) is 11.3 Å². The Balaban J connectivity index is 2.59. The number of halogens is 3. The third-order valence-electron chi connectivity index (χ3n) is 2.02. The average Bonchev–Trinajstić information content (AvgIpc) is 2.25. The third-order valence-corrected chi connectivity index (χ3v) is 3.04. The summed E-state index contributed by atoms with van der Waals surface area (Å²) >= 11 is 17.8. The number of hydrogen-bond acceptors (Lipinski definition) is 2. The van der Waals surface area contributed by atoms with Gasteiger partial charge in [0.25, 0.3) is 0 Å². The van der Waals surface area contributed by atoms with Crippen molar-refractivity contribution in [1.29, 1.82) is 0 Å². The first-order valence-electron chi connectivity index (χ1n) is 4.38. The molecule has 0 spiro atoms. The molecule has 0 amide bonds. The molecule has 0 radical (unpaired) electrons. The van der Waals surface area contributed by atoms with Crippen molar-refractivity contribution in [2.24, 2.45) is 0 Å². The molecule has 1 heterocycles. The van der Waals surface area contributed by atoms with Gasteiger partial charge in [0.15, 0.2) is 0 Å². The lowest BCUT2D eigenvalue weighted by molar-refractivity contribution is 0.473. The molecule has 82 valence electrons. The maximum Gasteiger partial charge on any atom is 0.133 e. The number of aromatic hydroxyl groups is 1. The van der Waals surface area contributed by atoms with Crippen molar-refractivity contribution < 1.29 is 5.11 Å². The van der Waals surface area contributed by atoms with E-state index in [9.17, 15) is 0 Å². The molecule has 2 rings (SSSR count). The highest BCUT2D eigenvalue weighted by Crippen LogP contribution is 2.35. The third kappa shape index (κ3) is 2.24. The number of nitrogens with zero attached hydrogens (tertiary/aromatic N) is 1. The van der Waals surface area contributed by atoms with Crippen molar-refractivity contribution in [2.45, 2.75) is 0 Å². The predicted molar refractivity (Wildman–Crippen MR) is 66.4 cm³/mol. The molecule has 0 bridgehead atoms. The molecule has 0 aliphatic rings. The van der Waals surface area contributed by atoms with Crippen LogP contribution in [0, 0.1) is 0 Å². The molecular formula is C11H6Cl3NO. The lowest BCUT2D eigenvalue weighted by Gasteiger charge is -2.06. The SMILES string of the molecule is Oc1ccc(-c2cc(Cl)cc(Cl)c2Cl)nc1. The van der Waals surface area contributed by atoms with E-state index in [1.165, 1.54) is 12.3 Å². The summed E-state index contributed by atoms with van der Waals surface area (Å²) in [5.41, 5.74) is 1.24. The number of hydrogen-bond donors (Lipinski definition) is 1. The topological polar surface area (TPSA) is 33.1 Å². The van der Waals surface area contributed by atoms with Gasteiger partial charge in [-0.15, -0.1) is 0 Å². The van der Waals surface area contributed by atoms with Crippen molar-refractivity contribution in [3.8, 4) is 17.0 Å². The quantitative estimate of drug-likeness (QED) is 0.781. The number of rotatable bonds is 1. The van der Waals surface area contributed by atoms with Crippen LogP contribution >= 0.6 is 34.8 Å². The molecule has 1 aromatic carbocycles. The van der Waals surface area contributed by atoms with Crippen LogP contribution in [-0.2, 0) is 0 Å². The van der Waals surface area contributed by atoms with Crippen LogP contribution in [0.3, 0.4) is 0 Å². The van der Waals surface area contributed by atoms with Crippen LogP contribution in [0.4, 0.5) is 0 Å². The van der Waals surface area contributed by atoms with Gasteiger partial charge < -0.3 is 5.11 Å². The number of benzene rings is 1. The fraction of sp³-hybridized carbons (Fsp3) is 0. The zero-order valence-electron chi connectivity index (χ0n) is 7.92. The average molecular weight is 275 g/mol. The Morgan fingerprint density at radius 3 is 2.44 bits per heavy atom. The van der Waals surface area contributed by atoms with Gasteiger partial charge in [-0.25, -0.2) is 0 Å². The highest BCUT2D eigenvalue weighted by molar-refractivity contribution is 6.45. The van der Waals surface area contributed by atoms with Crippen LogP contribution < -0.4 is 0 Å². The molecule has 0 aliphatic heterocycles. The lowest BCUT2D eigenvalue weighted by Crippen LogP contribution is -1.85. The van der Waals surface area contributed by atoms with Crippen molar-refractivity contribution in [1.82, 2.24) is 4.98 Å². The second kappa shape index (κ2) is 4.50. The van der Waals surface area contributed by atoms with E-state index in [0.717, 1.165) is 0 Å². The summed E-state index contributed by atoms with van der Waals surface area (Å²) in [6, 6.07) is 6.40. The van der Waals surface area contributed by atoms with E-state index in [1.54, 1.807) is 18.2 Å². The molecule has 5 heteroatoms. The van der Waals surface area contributed by atoms with E-state index in [0.29, 0.717) is 26.3 Å². The summed E-state index contributed by atoms with van der Waals surface area (Å²) in [5, 5.41) is 10.4. The molecule has 0 saturated heterocycles. The molecule has 0 saturated carbocycles. The van der Waals surface area contributed by atoms with E-state index in [4.69, 9.17) is 39.9 Å². The monoisotopic (exact) mass is 273 g/mol. The first-order valence-corrected chi connectivity index (χ1v) is 5.51. The summed E-state index contributed by atoms with van der Waals surface area (Å²) in [6.07, 6.45) is 1.33. The van der Waals surface area contributed by atoms with E-state index in [1.807, 2.05) is 0 Å². The van der Waals surface area contributed by atoms with Gasteiger partial charge in [0.1, 0.15) is 5.75 Å². The van der Waals surface area contributed by atoms with Crippen LogP contribution in [0.5, 0.6) is 5.75 Å². The zero-order chi connectivity index (χ0) is 11.7. The first kappa shape index (κ1) is 11.5. The minimum absolute atomic E-state index is 0.0907. The lowest BCUT2D eigenvalue weighted by atomic mass is 10.1. The van der Waals surface area contributed by atoms with Crippen LogP contribution in [0.1, 0.15) is 0 Å². The molecule has 0 unspecified atom stereocenters. The van der Waals surface area contributed by atoms with Gasteiger partial charge in [-0.05, 0) is 24.3 Å². The van der Waals surface area contributed by atoms with Gasteiger partial charge in [-0.2, -0.15) is 0 Å². The molecule has 1 N–H and O–H groups in total. The minimum Gasteiger partial charge on any atom is -0.506 e. The van der Waals surface area contributed by atoms with Gasteiger partial charge in [-0.3, -0.25) is 4.98 Å². The van der Waals surface area contributed by atoms with Gasteiger partial charge in [0.2, 0.25) is 0 Å². The van der Waals surface area contributed by atoms with E-state index in [2.05, 4.69) is 4.98 Å². The summed E-state index contributed by atoms with van der Waals surface area (Å²) < 4.78 is 0. The summed E-state index contributed by atoms with van der Waals surface area (Å²) in [5.74, 6) is 0.0907. The normalized spacial score (nSPS) is 10.4. The molecular weight excluding hydrogens is 268 g/mol. The van der Waals surface area contributed by atoms with Gasteiger partial charge in [0.05, 0.1) is 21.9 Å². The van der Waals surface area contributed by atoms with Gasteiger partial charge >= 0.3 is 0 Å². The molecule has 0 aliphatic carbocycles. The Kier molecular flexibility index (Phi) is 3.24. The fourth-order valence-corrected chi connectivity index (χ4v) is 1.99. The Labute approximate surface area is 107 Å². The second-order valence-corrected chi connectivity index (χ2v) is 4.37. The van der Waals surface area contributed by atoms with E-state index < -0.39 is 0 Å². The van der Waals surface area contributed by atoms with Gasteiger partial charge in [0, 0.05) is 10.6 Å². The Morgan fingerprint density at radius 2 is 1.81 bits per heavy atom. The minimum atomic E-state index is 0.0907. The predicted octanol–water partition coefficient (Wildman–Crippen LogP) is 4.41. The first-order chi connectivity index (χ1) is 7.58. The Bertz CT molecular complexity index is 525. The van der Waals surface area contributed by atoms with Crippen molar-refractivity contribution in [3.05, 3.63) is 45.5 Å². The summed E-state index contributed by atoms with van der Waals surface area (Å²) in [6.45, 7) is 0. The zero-order valence-corrected chi connectivity index (χ0v) is 10.2. The highest BCUT2D eigenvalue weighted by atomic mass is 35.5. The second-order valence-electron chi connectivity index (χ2n) is 3.15. The van der Waals surface area contributed by atoms with Crippen LogP contribution in [-0.4, -0.2) is 10.1 Å². The van der Waals surface area contributed by atoms with Crippen molar-refractivity contribution in [3.63, 3.8) is 0 Å². The fourth-order valence-electron chi connectivity index (χ4n) is 1.29. The van der Waals surface area contributed by atoms with E-state index >= 15 is 0 Å². The standard InChI is InChI=1S/C11H6Cl3NO/c12-6-3-8(11(14)9(13)4-6)10-2-1-7(16)5-15-10/h1-5,16H. The molecule has 0 fully saturated rings. The van der Waals surface area contributed by atoms with Gasteiger partial charge in [-0.1, -0.05) is 34.8 Å². The molecule has 2 aromatic rings. The Hall–Kier alpha value is -0.960. The Morgan fingerprint density at radius 1 is 1.06 bits per heavy atom. The maximum atomic E-state index is 9.13. The molecule has 1 aromatic heterocycles. The largest absolute Gasteiger partial charge is 0.506 e. The van der Waals surface area contributed by atoms with Crippen LogP contribution in [0.2, 0.25) is 15.1 Å². The van der Waals surface area contributed by atoms with Crippen molar-refractivity contribution >= 4 is 34.8 Å². The van der Waals surface area contributed by atoms with Crippen molar-refractivity contribution in [2.75, 3.05) is 0 Å². The summed E-state index contributed by atoms with van der Waals surface area (Å²) in [7, 11) is 0. The smallest absolute Gasteiger partial charge is 0.133 e. The van der Waals surface area contributed by atoms with Crippen LogP contribution in [0.15, 0.2) is 30.5 Å². The molecule has 2 nitrogen and oxygen atoms in total. The number of aromatic nitrogens is 1. The summed E-state index contributed by atoms with van der Waals surface area (Å²) in [4.78, 5) is 4.04. The van der Waals surface area contributed by atoms with E-state index in [-0.39, 0.29) is 5.75 Å².